The number of aldehydes is 1. The number of hydrogen-bond acceptors (Lipinski definition) is 4. The quantitative estimate of drug-likeness (QED) is 0.595. The predicted molar refractivity (Wildman–Crippen MR) is 103 cm³/mol. The smallest absolute Gasteiger partial charge is 0.262 e. The molecule has 0 atom stereocenters. The summed E-state index contributed by atoms with van der Waals surface area (Å²) in [6.45, 7) is 0.00521. The van der Waals surface area contributed by atoms with Crippen molar-refractivity contribution in [3.63, 3.8) is 0 Å². The van der Waals surface area contributed by atoms with E-state index in [1.165, 1.54) is 12.1 Å². The van der Waals surface area contributed by atoms with Crippen LogP contribution in [-0.2, 0) is 11.4 Å². The first-order valence-electron chi connectivity index (χ1n) is 8.58. The normalized spacial score (nSPS) is 10.2. The third-order valence-corrected chi connectivity index (χ3v) is 3.82. The van der Waals surface area contributed by atoms with Crippen LogP contribution in [-0.4, -0.2) is 18.8 Å². The lowest BCUT2D eigenvalue weighted by molar-refractivity contribution is -0.118. The minimum atomic E-state index is -0.366. The highest BCUT2D eigenvalue weighted by atomic mass is 19.1. The van der Waals surface area contributed by atoms with Crippen molar-refractivity contribution < 1.29 is 23.5 Å². The summed E-state index contributed by atoms with van der Waals surface area (Å²) < 4.78 is 24.1. The Labute approximate surface area is 161 Å². The molecule has 0 spiro atoms. The maximum atomic E-state index is 13.2. The van der Waals surface area contributed by atoms with E-state index in [-0.39, 0.29) is 24.9 Å². The van der Waals surface area contributed by atoms with Crippen molar-refractivity contribution in [2.24, 2.45) is 0 Å². The van der Waals surface area contributed by atoms with Crippen LogP contribution in [0.2, 0.25) is 0 Å². The summed E-state index contributed by atoms with van der Waals surface area (Å²) in [6, 6.07) is 19.7. The van der Waals surface area contributed by atoms with Crippen molar-refractivity contribution in [1.29, 1.82) is 0 Å². The van der Waals surface area contributed by atoms with Crippen LogP contribution < -0.4 is 14.8 Å². The van der Waals surface area contributed by atoms with Crippen molar-refractivity contribution in [1.82, 2.24) is 0 Å². The Kier molecular flexibility index (Phi) is 6.36. The lowest BCUT2D eigenvalue weighted by Crippen LogP contribution is -2.20. The van der Waals surface area contributed by atoms with Gasteiger partial charge >= 0.3 is 0 Å². The second-order valence-corrected chi connectivity index (χ2v) is 5.94. The molecule has 3 rings (SSSR count). The van der Waals surface area contributed by atoms with E-state index in [0.717, 1.165) is 5.56 Å². The van der Waals surface area contributed by atoms with Gasteiger partial charge in [-0.15, -0.1) is 0 Å². The van der Waals surface area contributed by atoms with E-state index in [9.17, 15) is 14.0 Å². The van der Waals surface area contributed by atoms with Gasteiger partial charge in [-0.25, -0.2) is 4.39 Å². The number of para-hydroxylation sites is 1. The number of hydrogen-bond donors (Lipinski definition) is 1. The summed E-state index contributed by atoms with van der Waals surface area (Å²) in [5.74, 6) is 0.0557. The summed E-state index contributed by atoms with van der Waals surface area (Å²) in [7, 11) is 0. The van der Waals surface area contributed by atoms with Gasteiger partial charge in [0.15, 0.2) is 12.9 Å². The monoisotopic (exact) mass is 379 g/mol. The molecule has 28 heavy (non-hydrogen) atoms. The maximum absolute atomic E-state index is 13.2. The molecule has 1 amide bonds. The van der Waals surface area contributed by atoms with Crippen LogP contribution in [0.3, 0.4) is 0 Å². The number of nitrogens with one attached hydrogen (secondary N) is 1. The van der Waals surface area contributed by atoms with Gasteiger partial charge in [0, 0.05) is 11.8 Å². The SMILES string of the molecule is O=Cc1ccccc1OCC(=O)Nc1cccc(COc2cccc(F)c2)c1. The number of rotatable bonds is 8. The minimum absolute atomic E-state index is 0.227. The largest absolute Gasteiger partial charge is 0.489 e. The van der Waals surface area contributed by atoms with Gasteiger partial charge in [0.25, 0.3) is 5.91 Å². The van der Waals surface area contributed by atoms with Crippen LogP contribution in [0, 0.1) is 5.82 Å². The predicted octanol–water partition coefficient (Wildman–Crippen LogP) is 4.23. The molecule has 0 unspecified atom stereocenters. The van der Waals surface area contributed by atoms with Gasteiger partial charge in [-0.2, -0.15) is 0 Å². The Morgan fingerprint density at radius 3 is 2.61 bits per heavy atom. The highest BCUT2D eigenvalue weighted by Gasteiger charge is 2.07. The van der Waals surface area contributed by atoms with Crippen LogP contribution >= 0.6 is 0 Å². The van der Waals surface area contributed by atoms with E-state index in [0.29, 0.717) is 29.0 Å². The Morgan fingerprint density at radius 2 is 1.79 bits per heavy atom. The minimum Gasteiger partial charge on any atom is -0.489 e. The molecular weight excluding hydrogens is 361 g/mol. The van der Waals surface area contributed by atoms with Gasteiger partial charge in [-0.3, -0.25) is 9.59 Å². The first-order valence-corrected chi connectivity index (χ1v) is 8.58. The van der Waals surface area contributed by atoms with Gasteiger partial charge in [-0.05, 0) is 42.0 Å². The molecule has 3 aromatic rings. The zero-order valence-corrected chi connectivity index (χ0v) is 14.9. The lowest BCUT2D eigenvalue weighted by atomic mass is 10.2. The van der Waals surface area contributed by atoms with Crippen molar-refractivity contribution in [2.75, 3.05) is 11.9 Å². The number of benzene rings is 3. The average molecular weight is 379 g/mol. The molecule has 0 aromatic heterocycles. The zero-order chi connectivity index (χ0) is 19.8. The molecule has 5 nitrogen and oxygen atoms in total. The van der Waals surface area contributed by atoms with Crippen molar-refractivity contribution in [2.45, 2.75) is 6.61 Å². The Balaban J connectivity index is 1.54. The molecule has 142 valence electrons. The number of anilines is 1. The van der Waals surface area contributed by atoms with Gasteiger partial charge in [0.1, 0.15) is 23.9 Å². The van der Waals surface area contributed by atoms with Gasteiger partial charge in [-0.1, -0.05) is 30.3 Å². The number of halogens is 1. The lowest BCUT2D eigenvalue weighted by Gasteiger charge is -2.10. The van der Waals surface area contributed by atoms with Crippen molar-refractivity contribution in [3.05, 3.63) is 89.7 Å². The molecule has 0 aliphatic heterocycles. The zero-order valence-electron chi connectivity index (χ0n) is 14.9. The standard InChI is InChI=1S/C22H18FNO4/c23-18-7-4-9-20(12-18)27-14-16-5-3-8-19(11-16)24-22(26)15-28-21-10-2-1-6-17(21)13-25/h1-13H,14-15H2,(H,24,26). The fraction of sp³-hybridized carbons (Fsp3) is 0.0909. The summed E-state index contributed by atoms with van der Waals surface area (Å²) >= 11 is 0. The van der Waals surface area contributed by atoms with Gasteiger partial charge in [0.2, 0.25) is 0 Å². The highest BCUT2D eigenvalue weighted by Crippen LogP contribution is 2.17. The molecule has 0 heterocycles. The second-order valence-electron chi connectivity index (χ2n) is 5.94. The van der Waals surface area contributed by atoms with E-state index >= 15 is 0 Å². The molecule has 0 saturated heterocycles. The molecule has 0 aliphatic carbocycles. The van der Waals surface area contributed by atoms with Crippen LogP contribution in [0.5, 0.6) is 11.5 Å². The number of carbonyl (C=O) groups excluding carboxylic acids is 2. The molecule has 0 aliphatic rings. The molecule has 0 radical (unpaired) electrons. The molecule has 6 heteroatoms. The van der Waals surface area contributed by atoms with E-state index in [1.54, 1.807) is 54.6 Å². The van der Waals surface area contributed by atoms with Gasteiger partial charge < -0.3 is 14.8 Å². The molecule has 3 aromatic carbocycles. The van der Waals surface area contributed by atoms with Crippen LogP contribution in [0.25, 0.3) is 0 Å². The third kappa shape index (κ3) is 5.41. The molecule has 0 saturated carbocycles. The highest BCUT2D eigenvalue weighted by molar-refractivity contribution is 5.92. The first kappa shape index (κ1) is 19.1. The number of ether oxygens (including phenoxy) is 2. The van der Waals surface area contributed by atoms with E-state index < -0.39 is 0 Å². The Morgan fingerprint density at radius 1 is 0.964 bits per heavy atom. The summed E-state index contributed by atoms with van der Waals surface area (Å²) in [5.41, 5.74) is 1.78. The second kappa shape index (κ2) is 9.32. The van der Waals surface area contributed by atoms with Crippen LogP contribution in [0.4, 0.5) is 10.1 Å². The molecule has 0 fully saturated rings. The summed E-state index contributed by atoms with van der Waals surface area (Å²) in [5, 5.41) is 2.73. The molecular formula is C22H18FNO4. The van der Waals surface area contributed by atoms with Gasteiger partial charge in [0.05, 0.1) is 5.56 Å². The topological polar surface area (TPSA) is 64.6 Å². The van der Waals surface area contributed by atoms with Crippen LogP contribution in [0.1, 0.15) is 15.9 Å². The Bertz CT molecular complexity index is 974. The van der Waals surface area contributed by atoms with Crippen molar-refractivity contribution >= 4 is 17.9 Å². The molecule has 1 N–H and O–H groups in total. The summed E-state index contributed by atoms with van der Waals surface area (Å²) in [4.78, 5) is 23.1. The van der Waals surface area contributed by atoms with E-state index in [1.807, 2.05) is 6.07 Å². The third-order valence-electron chi connectivity index (χ3n) is 3.82. The summed E-state index contributed by atoms with van der Waals surface area (Å²) in [6.07, 6.45) is 0.676. The number of carbonyl (C=O) groups is 2. The first-order chi connectivity index (χ1) is 13.6. The van der Waals surface area contributed by atoms with E-state index in [4.69, 9.17) is 9.47 Å². The number of amides is 1. The molecule has 0 bridgehead atoms. The Hall–Kier alpha value is -3.67. The van der Waals surface area contributed by atoms with E-state index in [2.05, 4.69) is 5.32 Å². The maximum Gasteiger partial charge on any atom is 0.262 e. The van der Waals surface area contributed by atoms with Crippen LogP contribution in [0.15, 0.2) is 72.8 Å². The van der Waals surface area contributed by atoms with Crippen molar-refractivity contribution in [3.8, 4) is 11.5 Å². The fourth-order valence-electron chi connectivity index (χ4n) is 2.51. The average Bonchev–Trinajstić information content (AvgIpc) is 2.71. The fourth-order valence-corrected chi connectivity index (χ4v) is 2.51.